The maximum absolute atomic E-state index is 13.7. The first-order chi connectivity index (χ1) is 19.7. The van der Waals surface area contributed by atoms with Crippen LogP contribution < -0.4 is 19.9 Å². The fraction of sp³-hybridized carbons (Fsp3) is 0.226. The number of aromatic nitrogens is 2. The zero-order valence-electron chi connectivity index (χ0n) is 23.5. The van der Waals surface area contributed by atoms with Crippen molar-refractivity contribution in [2.75, 3.05) is 32.7 Å². The summed E-state index contributed by atoms with van der Waals surface area (Å²) in [5, 5.41) is 5.68. The number of para-hydroxylation sites is 1. The van der Waals surface area contributed by atoms with Crippen LogP contribution in [0.4, 0.5) is 5.69 Å². The first-order valence-corrected chi connectivity index (χ1v) is 13.0. The number of nitrogens with zero attached hydrogens (tertiary/aromatic N) is 4. The summed E-state index contributed by atoms with van der Waals surface area (Å²) in [5.41, 5.74) is 2.12. The molecule has 2 aromatic heterocycles. The average Bonchev–Trinajstić information content (AvgIpc) is 3.40. The van der Waals surface area contributed by atoms with Crippen LogP contribution in [0, 0.1) is 0 Å². The highest BCUT2D eigenvalue weighted by Crippen LogP contribution is 2.33. The molecule has 2 heterocycles. The summed E-state index contributed by atoms with van der Waals surface area (Å²) in [6, 6.07) is 19.8. The molecule has 0 saturated carbocycles. The second kappa shape index (κ2) is 11.5. The van der Waals surface area contributed by atoms with E-state index >= 15 is 0 Å². The monoisotopic (exact) mass is 554 g/mol. The summed E-state index contributed by atoms with van der Waals surface area (Å²) in [6.45, 7) is 3.26. The number of carbonyl (C=O) groups excluding carboxylic acids is 1. The molecule has 0 aliphatic carbocycles. The summed E-state index contributed by atoms with van der Waals surface area (Å²) < 4.78 is 23.8. The highest BCUT2D eigenvalue weighted by atomic mass is 16.6. The summed E-state index contributed by atoms with van der Waals surface area (Å²) in [5.74, 6) is 1.11. The van der Waals surface area contributed by atoms with Gasteiger partial charge >= 0.3 is 5.97 Å². The van der Waals surface area contributed by atoms with Crippen LogP contribution in [0.15, 0.2) is 81.0 Å². The van der Waals surface area contributed by atoms with Gasteiger partial charge in [0.2, 0.25) is 5.82 Å². The predicted molar refractivity (Wildman–Crippen MR) is 158 cm³/mol. The highest BCUT2D eigenvalue weighted by Gasteiger charge is 2.18. The Morgan fingerprint density at radius 1 is 1.05 bits per heavy atom. The first-order valence-electron chi connectivity index (χ1n) is 13.0. The molecule has 0 amide bonds. The van der Waals surface area contributed by atoms with Gasteiger partial charge in [0.15, 0.2) is 12.4 Å². The van der Waals surface area contributed by atoms with Gasteiger partial charge in [-0.2, -0.15) is 9.78 Å². The lowest BCUT2D eigenvalue weighted by Gasteiger charge is -2.16. The molecule has 10 nitrogen and oxygen atoms in total. The van der Waals surface area contributed by atoms with Crippen LogP contribution in [-0.2, 0) is 9.53 Å². The molecule has 210 valence electrons. The van der Waals surface area contributed by atoms with E-state index in [1.54, 1.807) is 57.4 Å². The number of furan rings is 1. The van der Waals surface area contributed by atoms with Crippen LogP contribution in [0.25, 0.3) is 33.5 Å². The quantitative estimate of drug-likeness (QED) is 0.183. The third-order valence-corrected chi connectivity index (χ3v) is 6.25. The fourth-order valence-electron chi connectivity index (χ4n) is 4.30. The molecule has 5 rings (SSSR count). The van der Waals surface area contributed by atoms with Crippen LogP contribution in [0.3, 0.4) is 0 Å². The Labute approximate surface area is 236 Å². The lowest BCUT2D eigenvalue weighted by atomic mass is 10.2. The van der Waals surface area contributed by atoms with E-state index in [9.17, 15) is 9.59 Å². The van der Waals surface area contributed by atoms with Crippen molar-refractivity contribution < 1.29 is 23.4 Å². The van der Waals surface area contributed by atoms with Gasteiger partial charge in [-0.25, -0.2) is 9.78 Å². The molecule has 10 heteroatoms. The fourth-order valence-corrected chi connectivity index (χ4v) is 4.30. The van der Waals surface area contributed by atoms with Crippen molar-refractivity contribution in [2.24, 2.45) is 5.10 Å². The van der Waals surface area contributed by atoms with Gasteiger partial charge in [0, 0.05) is 31.4 Å². The Balaban J connectivity index is 1.61. The molecule has 5 aromatic rings. The number of esters is 1. The van der Waals surface area contributed by atoms with Crippen LogP contribution in [0.1, 0.15) is 19.4 Å². The van der Waals surface area contributed by atoms with Gasteiger partial charge < -0.3 is 23.5 Å². The molecule has 0 N–H and O–H groups in total. The largest absolute Gasteiger partial charge is 0.496 e. The summed E-state index contributed by atoms with van der Waals surface area (Å²) in [7, 11) is 5.38. The Kier molecular flexibility index (Phi) is 7.73. The lowest BCUT2D eigenvalue weighted by Crippen LogP contribution is -2.20. The SMILES string of the molecule is COc1cccc2oc(-c3nc4ccccc4c(=O)n3N=Cc3ccc(N(C)C)cc3OCC(=O)OC(C)C)cc12. The predicted octanol–water partition coefficient (Wildman–Crippen LogP) is 5.10. The number of methoxy groups -OCH3 is 1. The summed E-state index contributed by atoms with van der Waals surface area (Å²) in [6.07, 6.45) is 1.23. The maximum atomic E-state index is 13.7. The van der Waals surface area contributed by atoms with Gasteiger partial charge in [0.05, 0.1) is 35.7 Å². The van der Waals surface area contributed by atoms with E-state index in [0.29, 0.717) is 39.3 Å². The van der Waals surface area contributed by atoms with Crippen LogP contribution in [-0.4, -0.2) is 55.8 Å². The van der Waals surface area contributed by atoms with E-state index in [-0.39, 0.29) is 24.1 Å². The van der Waals surface area contributed by atoms with Crippen molar-refractivity contribution in [1.29, 1.82) is 0 Å². The molecule has 3 aromatic carbocycles. The van der Waals surface area contributed by atoms with E-state index in [2.05, 4.69) is 5.10 Å². The second-order valence-electron chi connectivity index (χ2n) is 9.74. The number of hydrogen-bond acceptors (Lipinski definition) is 9. The van der Waals surface area contributed by atoms with Crippen molar-refractivity contribution >= 4 is 39.7 Å². The van der Waals surface area contributed by atoms with Gasteiger partial charge in [-0.3, -0.25) is 4.79 Å². The number of carbonyl (C=O) groups is 1. The zero-order valence-corrected chi connectivity index (χ0v) is 23.5. The Morgan fingerprint density at radius 3 is 2.61 bits per heavy atom. The number of anilines is 1. The molecule has 0 aliphatic heterocycles. The van der Waals surface area contributed by atoms with Crippen LogP contribution in [0.2, 0.25) is 0 Å². The molecule has 41 heavy (non-hydrogen) atoms. The van der Waals surface area contributed by atoms with Crippen LogP contribution in [0.5, 0.6) is 11.5 Å². The number of ether oxygens (including phenoxy) is 3. The molecule has 0 unspecified atom stereocenters. The molecule has 0 fully saturated rings. The topological polar surface area (TPSA) is 108 Å². The van der Waals surface area contributed by atoms with Gasteiger partial charge in [-0.05, 0) is 56.3 Å². The summed E-state index contributed by atoms with van der Waals surface area (Å²) >= 11 is 0. The second-order valence-corrected chi connectivity index (χ2v) is 9.74. The Bertz CT molecular complexity index is 1820. The van der Waals surface area contributed by atoms with Crippen LogP contribution >= 0.6 is 0 Å². The third-order valence-electron chi connectivity index (χ3n) is 6.25. The number of hydrogen-bond donors (Lipinski definition) is 0. The van der Waals surface area contributed by atoms with E-state index in [0.717, 1.165) is 11.1 Å². The number of rotatable bonds is 9. The normalized spacial score (nSPS) is 11.5. The molecule has 0 saturated heterocycles. The van der Waals surface area contributed by atoms with E-state index in [4.69, 9.17) is 23.6 Å². The molecule has 0 bridgehead atoms. The molecule has 0 atom stereocenters. The Morgan fingerprint density at radius 2 is 1.85 bits per heavy atom. The summed E-state index contributed by atoms with van der Waals surface area (Å²) in [4.78, 5) is 32.5. The smallest absolute Gasteiger partial charge is 0.344 e. The van der Waals surface area contributed by atoms with E-state index in [1.807, 2.05) is 49.3 Å². The van der Waals surface area contributed by atoms with Crippen molar-refractivity contribution in [3.8, 4) is 23.1 Å². The average molecular weight is 555 g/mol. The zero-order chi connectivity index (χ0) is 29.1. The highest BCUT2D eigenvalue weighted by molar-refractivity contribution is 5.89. The minimum Gasteiger partial charge on any atom is -0.496 e. The van der Waals surface area contributed by atoms with Gasteiger partial charge in [0.1, 0.15) is 17.1 Å². The van der Waals surface area contributed by atoms with Gasteiger partial charge in [-0.15, -0.1) is 0 Å². The van der Waals surface area contributed by atoms with Gasteiger partial charge in [0.25, 0.3) is 5.56 Å². The van der Waals surface area contributed by atoms with E-state index in [1.165, 1.54) is 10.9 Å². The Hall–Kier alpha value is -5.12. The minimum absolute atomic E-state index is 0.219. The van der Waals surface area contributed by atoms with Crippen molar-refractivity contribution in [1.82, 2.24) is 9.66 Å². The molecule has 0 aliphatic rings. The molecular weight excluding hydrogens is 524 g/mol. The standard InChI is InChI=1S/C31H30N4O6/c1-19(2)40-29(36)18-39-27-15-21(34(3)4)14-13-20(27)17-32-35-30(33-24-10-7-6-9-22(24)31(35)37)28-16-23-25(38-5)11-8-12-26(23)41-28/h6-17,19H,18H2,1-5H3. The lowest BCUT2D eigenvalue weighted by molar-refractivity contribution is -0.149. The molecule has 0 spiro atoms. The number of fused-ring (bicyclic) bond motifs is 2. The third kappa shape index (κ3) is 5.76. The first kappa shape index (κ1) is 27.4. The van der Waals surface area contributed by atoms with Crippen molar-refractivity contribution in [3.63, 3.8) is 0 Å². The van der Waals surface area contributed by atoms with Crippen molar-refractivity contribution in [3.05, 3.63) is 82.6 Å². The maximum Gasteiger partial charge on any atom is 0.344 e. The molecule has 0 radical (unpaired) electrons. The van der Waals surface area contributed by atoms with Crippen molar-refractivity contribution in [2.45, 2.75) is 20.0 Å². The van der Waals surface area contributed by atoms with E-state index < -0.39 is 5.97 Å². The minimum atomic E-state index is -0.490. The molecular formula is C31H30N4O6. The van der Waals surface area contributed by atoms with Gasteiger partial charge in [-0.1, -0.05) is 18.2 Å². The number of benzene rings is 3.